The molecule has 23 heavy (non-hydrogen) atoms. The topological polar surface area (TPSA) is 121 Å². The predicted octanol–water partition coefficient (Wildman–Crippen LogP) is 1.21. The quantitative estimate of drug-likeness (QED) is 0.635. The van der Waals surface area contributed by atoms with Crippen molar-refractivity contribution in [2.75, 3.05) is 13.1 Å². The van der Waals surface area contributed by atoms with Gasteiger partial charge in [-0.3, -0.25) is 14.9 Å². The van der Waals surface area contributed by atoms with Gasteiger partial charge in [-0.25, -0.2) is 4.79 Å². The molecule has 0 bridgehead atoms. The third-order valence-corrected chi connectivity index (χ3v) is 4.19. The Morgan fingerprint density at radius 3 is 2.43 bits per heavy atom. The molecule has 0 spiro atoms. The van der Waals surface area contributed by atoms with Crippen molar-refractivity contribution in [2.45, 2.75) is 31.8 Å². The number of nitro benzene ring substituents is 1. The van der Waals surface area contributed by atoms with E-state index in [0.29, 0.717) is 12.0 Å². The van der Waals surface area contributed by atoms with Crippen LogP contribution in [-0.2, 0) is 11.2 Å². The lowest BCUT2D eigenvalue weighted by atomic mass is 9.91. The second-order valence-electron chi connectivity index (χ2n) is 5.58. The Morgan fingerprint density at radius 2 is 1.96 bits per heavy atom. The predicted molar refractivity (Wildman–Crippen MR) is 80.2 cm³/mol. The van der Waals surface area contributed by atoms with Gasteiger partial charge < -0.3 is 15.1 Å². The maximum atomic E-state index is 12.4. The highest BCUT2D eigenvalue weighted by molar-refractivity contribution is 5.95. The van der Waals surface area contributed by atoms with E-state index in [1.54, 1.807) is 13.0 Å². The van der Waals surface area contributed by atoms with Crippen molar-refractivity contribution in [3.05, 3.63) is 39.4 Å². The maximum Gasteiger partial charge on any atom is 0.335 e. The number of amides is 1. The van der Waals surface area contributed by atoms with Crippen LogP contribution in [-0.4, -0.2) is 50.6 Å². The van der Waals surface area contributed by atoms with Gasteiger partial charge in [0, 0.05) is 43.1 Å². The second kappa shape index (κ2) is 6.33. The Morgan fingerprint density at radius 1 is 1.35 bits per heavy atom. The molecule has 1 heterocycles. The third-order valence-electron chi connectivity index (χ3n) is 4.19. The molecule has 1 aliphatic heterocycles. The summed E-state index contributed by atoms with van der Waals surface area (Å²) in [6.07, 6.45) is 0.354. The highest BCUT2D eigenvalue weighted by Crippen LogP contribution is 2.26. The molecule has 1 fully saturated rings. The summed E-state index contributed by atoms with van der Waals surface area (Å²) in [6.45, 7) is 1.97. The average molecular weight is 322 g/mol. The maximum absolute atomic E-state index is 12.4. The van der Waals surface area contributed by atoms with Crippen molar-refractivity contribution < 1.29 is 24.7 Å². The van der Waals surface area contributed by atoms with E-state index in [1.807, 2.05) is 0 Å². The number of aryl methyl sites for hydroxylation is 1. The van der Waals surface area contributed by atoms with E-state index in [-0.39, 0.29) is 37.2 Å². The van der Waals surface area contributed by atoms with Crippen LogP contribution in [0.3, 0.4) is 0 Å². The molecular weight excluding hydrogens is 304 g/mol. The largest absolute Gasteiger partial charge is 0.479 e. The van der Waals surface area contributed by atoms with Gasteiger partial charge in [0.1, 0.15) is 0 Å². The Labute approximate surface area is 132 Å². The number of carboxylic acid groups (broad SMARTS) is 1. The molecule has 0 aromatic heterocycles. The number of carbonyl (C=O) groups is 2. The van der Waals surface area contributed by atoms with Crippen LogP contribution in [0.15, 0.2) is 18.2 Å². The zero-order valence-electron chi connectivity index (χ0n) is 12.7. The van der Waals surface area contributed by atoms with E-state index in [1.165, 1.54) is 17.0 Å². The van der Waals surface area contributed by atoms with Gasteiger partial charge in [0.2, 0.25) is 0 Å². The molecule has 1 aliphatic rings. The number of hydrogen-bond acceptors (Lipinski definition) is 5. The fraction of sp³-hybridized carbons (Fsp3) is 0.467. The number of hydrogen-bond donors (Lipinski definition) is 2. The molecule has 0 saturated carbocycles. The number of nitro groups is 1. The van der Waals surface area contributed by atoms with Crippen molar-refractivity contribution >= 4 is 17.6 Å². The Balaban J connectivity index is 2.17. The van der Waals surface area contributed by atoms with Gasteiger partial charge in [-0.2, -0.15) is 0 Å². The van der Waals surface area contributed by atoms with Gasteiger partial charge in [0.25, 0.3) is 11.6 Å². The Hall–Kier alpha value is -2.48. The number of nitrogens with zero attached hydrogens (tertiary/aromatic N) is 2. The number of carboxylic acids is 1. The number of likely N-dealkylation sites (tertiary alicyclic amines) is 1. The molecule has 0 atom stereocenters. The van der Waals surface area contributed by atoms with E-state index >= 15 is 0 Å². The highest BCUT2D eigenvalue weighted by atomic mass is 16.6. The van der Waals surface area contributed by atoms with Crippen LogP contribution < -0.4 is 0 Å². The minimum absolute atomic E-state index is 0.0663. The minimum atomic E-state index is -1.81. The lowest BCUT2D eigenvalue weighted by Gasteiger charge is -2.35. The first kappa shape index (κ1) is 16.9. The zero-order valence-corrected chi connectivity index (χ0v) is 12.7. The summed E-state index contributed by atoms with van der Waals surface area (Å²) in [6, 6.07) is 4.34. The van der Waals surface area contributed by atoms with Gasteiger partial charge in [-0.15, -0.1) is 0 Å². The molecule has 0 radical (unpaired) electrons. The summed E-state index contributed by atoms with van der Waals surface area (Å²) in [5.74, 6) is -1.70. The number of piperidine rings is 1. The Kier molecular flexibility index (Phi) is 4.65. The number of benzene rings is 1. The summed E-state index contributed by atoms with van der Waals surface area (Å²) < 4.78 is 0. The van der Waals surface area contributed by atoms with Crippen LogP contribution in [0.4, 0.5) is 5.69 Å². The second-order valence-corrected chi connectivity index (χ2v) is 5.58. The summed E-state index contributed by atoms with van der Waals surface area (Å²) in [4.78, 5) is 35.4. The number of aliphatic carboxylic acids is 1. The summed E-state index contributed by atoms with van der Waals surface area (Å²) in [5, 5.41) is 29.9. The summed E-state index contributed by atoms with van der Waals surface area (Å²) >= 11 is 0. The third kappa shape index (κ3) is 3.31. The number of aliphatic hydroxyl groups is 1. The molecule has 0 aliphatic carbocycles. The number of carbonyl (C=O) groups excluding carboxylic acids is 1. The van der Waals surface area contributed by atoms with Gasteiger partial charge >= 0.3 is 5.97 Å². The monoisotopic (exact) mass is 322 g/mol. The normalized spacial score (nSPS) is 16.9. The first-order valence-corrected chi connectivity index (χ1v) is 7.31. The van der Waals surface area contributed by atoms with Gasteiger partial charge in [-0.1, -0.05) is 13.0 Å². The average Bonchev–Trinajstić information content (AvgIpc) is 2.54. The highest BCUT2D eigenvalue weighted by Gasteiger charge is 2.40. The van der Waals surface area contributed by atoms with Gasteiger partial charge in [-0.05, 0) is 12.5 Å². The number of rotatable bonds is 4. The molecule has 8 nitrogen and oxygen atoms in total. The minimum Gasteiger partial charge on any atom is -0.479 e. The fourth-order valence-corrected chi connectivity index (χ4v) is 2.64. The van der Waals surface area contributed by atoms with Gasteiger partial charge in [0.15, 0.2) is 5.60 Å². The van der Waals surface area contributed by atoms with E-state index in [9.17, 15) is 24.8 Å². The molecule has 2 rings (SSSR count). The Bertz CT molecular complexity index is 649. The van der Waals surface area contributed by atoms with Gasteiger partial charge in [0.05, 0.1) is 4.92 Å². The molecule has 8 heteroatoms. The molecule has 2 N–H and O–H groups in total. The molecule has 0 unspecified atom stereocenters. The first-order chi connectivity index (χ1) is 10.8. The van der Waals surface area contributed by atoms with Crippen molar-refractivity contribution in [1.29, 1.82) is 0 Å². The fourth-order valence-electron chi connectivity index (χ4n) is 2.64. The summed E-state index contributed by atoms with van der Waals surface area (Å²) in [5.41, 5.74) is -1.17. The molecule has 1 saturated heterocycles. The van der Waals surface area contributed by atoms with Crippen LogP contribution in [0.1, 0.15) is 35.7 Å². The van der Waals surface area contributed by atoms with E-state index in [0.717, 1.165) is 0 Å². The van der Waals surface area contributed by atoms with Crippen molar-refractivity contribution in [1.82, 2.24) is 4.90 Å². The van der Waals surface area contributed by atoms with Crippen LogP contribution in [0.25, 0.3) is 0 Å². The van der Waals surface area contributed by atoms with Crippen molar-refractivity contribution in [3.8, 4) is 0 Å². The van der Waals surface area contributed by atoms with E-state index in [4.69, 9.17) is 5.11 Å². The van der Waals surface area contributed by atoms with E-state index in [2.05, 4.69) is 0 Å². The molecular formula is C15H18N2O6. The molecule has 1 aromatic carbocycles. The lowest BCUT2D eigenvalue weighted by Crippen LogP contribution is -2.50. The van der Waals surface area contributed by atoms with Crippen LogP contribution >= 0.6 is 0 Å². The van der Waals surface area contributed by atoms with Crippen LogP contribution in [0.5, 0.6) is 0 Å². The zero-order chi connectivity index (χ0) is 17.2. The van der Waals surface area contributed by atoms with Crippen molar-refractivity contribution in [2.24, 2.45) is 0 Å². The summed E-state index contributed by atoms with van der Waals surface area (Å²) in [7, 11) is 0. The van der Waals surface area contributed by atoms with Crippen molar-refractivity contribution in [3.63, 3.8) is 0 Å². The molecule has 124 valence electrons. The SMILES string of the molecule is CCc1ccc(C(=O)N2CCC(O)(C(=O)O)CC2)cc1[N+](=O)[O-]. The molecule has 1 amide bonds. The lowest BCUT2D eigenvalue weighted by molar-refractivity contribution is -0.385. The van der Waals surface area contributed by atoms with Crippen LogP contribution in [0, 0.1) is 10.1 Å². The van der Waals surface area contributed by atoms with E-state index < -0.39 is 22.4 Å². The standard InChI is InChI=1S/C15H18N2O6/c1-2-10-3-4-11(9-12(10)17(22)23)13(18)16-7-5-15(21,6-8-16)14(19)20/h3-4,9,21H,2,5-8H2,1H3,(H,19,20). The molecule has 1 aromatic rings. The first-order valence-electron chi connectivity index (χ1n) is 7.31. The smallest absolute Gasteiger partial charge is 0.335 e. The van der Waals surface area contributed by atoms with Crippen LogP contribution in [0.2, 0.25) is 0 Å².